The summed E-state index contributed by atoms with van der Waals surface area (Å²) in [6, 6.07) is 15.0. The molecule has 0 bridgehead atoms. The quantitative estimate of drug-likeness (QED) is 0.822. The van der Waals surface area contributed by atoms with Gasteiger partial charge >= 0.3 is 0 Å². The molecule has 134 valence electrons. The molecule has 0 saturated heterocycles. The highest BCUT2D eigenvalue weighted by Gasteiger charge is 2.42. The minimum absolute atomic E-state index is 0.0174. The molecule has 0 radical (unpaired) electrons. The molecule has 25 heavy (non-hydrogen) atoms. The van der Waals surface area contributed by atoms with E-state index in [-0.39, 0.29) is 5.75 Å². The summed E-state index contributed by atoms with van der Waals surface area (Å²) in [5.74, 6) is 0.519. The highest BCUT2D eigenvalue weighted by Crippen LogP contribution is 2.42. The highest BCUT2D eigenvalue weighted by atomic mass is 32.2. The molecule has 4 nitrogen and oxygen atoms in total. The van der Waals surface area contributed by atoms with Gasteiger partial charge in [-0.15, -0.1) is 0 Å². The van der Waals surface area contributed by atoms with Gasteiger partial charge in [0.05, 0.1) is 23.4 Å². The molecule has 0 spiro atoms. The topological polar surface area (TPSA) is 52.6 Å². The molecule has 0 saturated carbocycles. The lowest BCUT2D eigenvalue weighted by molar-refractivity contribution is -0.0691. The summed E-state index contributed by atoms with van der Waals surface area (Å²) in [6.45, 7) is 3.97. The summed E-state index contributed by atoms with van der Waals surface area (Å²) >= 11 is 0. The number of hydrogen-bond acceptors (Lipinski definition) is 4. The van der Waals surface area contributed by atoms with Gasteiger partial charge in [0.1, 0.15) is 11.9 Å². The van der Waals surface area contributed by atoms with Crippen molar-refractivity contribution in [1.82, 2.24) is 0 Å². The van der Waals surface area contributed by atoms with Gasteiger partial charge in [0.2, 0.25) is 0 Å². The summed E-state index contributed by atoms with van der Waals surface area (Å²) in [5.41, 5.74) is 0.930. The standard InChI is InChI=1S/C20H24O4S/c1-4-20(5-2)14-25(21,22)18-13-16(23-3)11-12-17(18)19(24-20)15-9-7-6-8-10-15/h6-13,19H,4-5,14H2,1-3H3. The third kappa shape index (κ3) is 3.31. The van der Waals surface area contributed by atoms with Gasteiger partial charge in [0.15, 0.2) is 9.84 Å². The second-order valence-corrected chi connectivity index (χ2v) is 8.42. The average molecular weight is 360 g/mol. The molecular weight excluding hydrogens is 336 g/mol. The molecular formula is C20H24O4S. The number of ether oxygens (including phenoxy) is 2. The maximum absolute atomic E-state index is 13.1. The van der Waals surface area contributed by atoms with Crippen molar-refractivity contribution in [1.29, 1.82) is 0 Å². The first-order valence-electron chi connectivity index (χ1n) is 8.58. The number of hydrogen-bond donors (Lipinski definition) is 0. The number of rotatable bonds is 4. The molecule has 1 atom stereocenters. The molecule has 0 aliphatic carbocycles. The third-order valence-electron chi connectivity index (χ3n) is 5.05. The van der Waals surface area contributed by atoms with E-state index in [4.69, 9.17) is 9.47 Å². The SMILES string of the molecule is CCC1(CC)CS(=O)(=O)c2cc(OC)ccc2C(c2ccccc2)O1. The Bertz CT molecular complexity index is 839. The van der Waals surface area contributed by atoms with Gasteiger partial charge in [0.25, 0.3) is 0 Å². The Balaban J connectivity index is 2.26. The van der Waals surface area contributed by atoms with Gasteiger partial charge in [-0.2, -0.15) is 0 Å². The Morgan fingerprint density at radius 2 is 1.80 bits per heavy atom. The van der Waals surface area contributed by atoms with E-state index < -0.39 is 21.5 Å². The predicted molar refractivity (Wildman–Crippen MR) is 97.7 cm³/mol. The maximum atomic E-state index is 13.1. The molecule has 2 aromatic rings. The highest BCUT2D eigenvalue weighted by molar-refractivity contribution is 7.91. The van der Waals surface area contributed by atoms with Crippen LogP contribution in [0.3, 0.4) is 0 Å². The number of fused-ring (bicyclic) bond motifs is 1. The van der Waals surface area contributed by atoms with E-state index in [1.54, 1.807) is 19.2 Å². The second-order valence-electron chi connectivity index (χ2n) is 6.46. The lowest BCUT2D eigenvalue weighted by atomic mass is 9.96. The van der Waals surface area contributed by atoms with Gasteiger partial charge in [-0.1, -0.05) is 50.2 Å². The first-order chi connectivity index (χ1) is 11.9. The monoisotopic (exact) mass is 360 g/mol. The van der Waals surface area contributed by atoms with Crippen molar-refractivity contribution >= 4 is 9.84 Å². The summed E-state index contributed by atoms with van der Waals surface area (Å²) in [7, 11) is -1.95. The van der Waals surface area contributed by atoms with Crippen LogP contribution in [0.2, 0.25) is 0 Å². The van der Waals surface area contributed by atoms with Crippen molar-refractivity contribution in [2.24, 2.45) is 0 Å². The zero-order valence-corrected chi connectivity index (χ0v) is 15.7. The summed E-state index contributed by atoms with van der Waals surface area (Å²) < 4.78 is 38.0. The third-order valence-corrected chi connectivity index (χ3v) is 6.98. The molecule has 5 heteroatoms. The summed E-state index contributed by atoms with van der Waals surface area (Å²) in [5, 5.41) is 0. The molecule has 1 aliphatic rings. The van der Waals surface area contributed by atoms with Crippen molar-refractivity contribution < 1.29 is 17.9 Å². The van der Waals surface area contributed by atoms with E-state index in [1.165, 1.54) is 0 Å². The Labute approximate surface area is 149 Å². The van der Waals surface area contributed by atoms with E-state index in [9.17, 15) is 8.42 Å². The first kappa shape index (κ1) is 18.0. The van der Waals surface area contributed by atoms with Gasteiger partial charge in [-0.05, 0) is 30.5 Å². The van der Waals surface area contributed by atoms with Crippen molar-refractivity contribution in [3.05, 3.63) is 59.7 Å². The molecule has 2 aromatic carbocycles. The molecule has 1 aliphatic heterocycles. The van der Waals surface area contributed by atoms with Gasteiger partial charge in [0, 0.05) is 5.56 Å². The van der Waals surface area contributed by atoms with Crippen molar-refractivity contribution in [3.63, 3.8) is 0 Å². The zero-order valence-electron chi connectivity index (χ0n) is 14.9. The number of benzene rings is 2. The fourth-order valence-electron chi connectivity index (χ4n) is 3.40. The number of methoxy groups -OCH3 is 1. The van der Waals surface area contributed by atoms with Crippen molar-refractivity contribution in [2.45, 2.75) is 43.3 Å². The van der Waals surface area contributed by atoms with Crippen molar-refractivity contribution in [2.75, 3.05) is 12.9 Å². The minimum atomic E-state index is -3.49. The van der Waals surface area contributed by atoms with Crippen LogP contribution in [-0.2, 0) is 14.6 Å². The Kier molecular flexibility index (Phi) is 4.89. The van der Waals surface area contributed by atoms with Gasteiger partial charge in [-0.25, -0.2) is 8.42 Å². The zero-order chi connectivity index (χ0) is 18.1. The number of sulfone groups is 1. The fraction of sp³-hybridized carbons (Fsp3) is 0.400. The van der Waals surface area contributed by atoms with Crippen molar-refractivity contribution in [3.8, 4) is 5.75 Å². The van der Waals surface area contributed by atoms with Crippen LogP contribution in [0.1, 0.15) is 43.9 Å². The van der Waals surface area contributed by atoms with Crippen LogP contribution in [0.25, 0.3) is 0 Å². The fourth-order valence-corrected chi connectivity index (χ4v) is 5.55. The Morgan fingerprint density at radius 1 is 1.12 bits per heavy atom. The lowest BCUT2D eigenvalue weighted by Gasteiger charge is -2.33. The lowest BCUT2D eigenvalue weighted by Crippen LogP contribution is -2.38. The van der Waals surface area contributed by atoms with Crippen LogP contribution in [-0.4, -0.2) is 26.9 Å². The summed E-state index contributed by atoms with van der Waals surface area (Å²) in [4.78, 5) is 0.310. The van der Waals surface area contributed by atoms with Crippen LogP contribution in [0.5, 0.6) is 5.75 Å². The smallest absolute Gasteiger partial charge is 0.181 e. The van der Waals surface area contributed by atoms with E-state index in [2.05, 4.69) is 0 Å². The molecule has 0 fully saturated rings. The van der Waals surface area contributed by atoms with Crippen LogP contribution in [0, 0.1) is 0 Å². The first-order valence-corrected chi connectivity index (χ1v) is 10.2. The van der Waals surface area contributed by atoms with Gasteiger partial charge < -0.3 is 9.47 Å². The van der Waals surface area contributed by atoms with Crippen LogP contribution >= 0.6 is 0 Å². The average Bonchev–Trinajstić information content (AvgIpc) is 2.75. The van der Waals surface area contributed by atoms with E-state index in [1.807, 2.05) is 50.2 Å². The molecule has 0 amide bonds. The molecule has 1 unspecified atom stereocenters. The Morgan fingerprint density at radius 3 is 2.40 bits per heavy atom. The molecule has 0 N–H and O–H groups in total. The van der Waals surface area contributed by atoms with Gasteiger partial charge in [-0.3, -0.25) is 0 Å². The predicted octanol–water partition coefficient (Wildman–Crippen LogP) is 4.15. The Hall–Kier alpha value is -1.85. The minimum Gasteiger partial charge on any atom is -0.497 e. The molecule has 0 aromatic heterocycles. The molecule has 3 rings (SSSR count). The van der Waals surface area contributed by atoms with Crippen LogP contribution < -0.4 is 4.74 Å². The maximum Gasteiger partial charge on any atom is 0.181 e. The van der Waals surface area contributed by atoms with E-state index in [0.29, 0.717) is 29.1 Å². The van der Waals surface area contributed by atoms with E-state index in [0.717, 1.165) is 5.56 Å². The largest absolute Gasteiger partial charge is 0.497 e. The summed E-state index contributed by atoms with van der Waals surface area (Å²) in [6.07, 6.45) is 0.855. The van der Waals surface area contributed by atoms with E-state index >= 15 is 0 Å². The normalized spacial score (nSPS) is 21.2. The second kappa shape index (κ2) is 6.81. The van der Waals surface area contributed by atoms with Crippen LogP contribution in [0.4, 0.5) is 0 Å². The molecule has 1 heterocycles. The van der Waals surface area contributed by atoms with Crippen LogP contribution in [0.15, 0.2) is 53.4 Å².